The molecule has 7 rings (SSSR count). The molecular formula is C45H55FN2O11. The lowest BCUT2D eigenvalue weighted by Gasteiger charge is -2.62. The summed E-state index contributed by atoms with van der Waals surface area (Å²) in [4.78, 5) is 62.8. The molecule has 5 unspecified atom stereocenters. The van der Waals surface area contributed by atoms with Crippen molar-refractivity contribution in [2.24, 2.45) is 28.6 Å². The Balaban J connectivity index is 0.822. The summed E-state index contributed by atoms with van der Waals surface area (Å²) in [6.07, 6.45) is 5.28. The van der Waals surface area contributed by atoms with Crippen LogP contribution < -0.4 is 16.3 Å². The zero-order valence-electron chi connectivity index (χ0n) is 34.6. The van der Waals surface area contributed by atoms with Gasteiger partial charge in [-0.05, 0) is 108 Å². The molecule has 2 aromatic heterocycles. The Morgan fingerprint density at radius 3 is 2.42 bits per heavy atom. The van der Waals surface area contributed by atoms with E-state index in [-0.39, 0.29) is 31.9 Å². The van der Waals surface area contributed by atoms with Gasteiger partial charge in [-0.1, -0.05) is 31.9 Å². The molecule has 4 aliphatic rings. The van der Waals surface area contributed by atoms with Crippen molar-refractivity contribution in [3.8, 4) is 0 Å². The highest BCUT2D eigenvalue weighted by atomic mass is 19.1. The van der Waals surface area contributed by atoms with E-state index in [9.17, 15) is 34.2 Å². The number of ketones is 2. The molecule has 2 amide bonds. The molecule has 3 aromatic rings. The number of aliphatic hydroxyl groups excluding tert-OH is 1. The van der Waals surface area contributed by atoms with Gasteiger partial charge in [0.25, 0.3) is 0 Å². The zero-order chi connectivity index (χ0) is 42.7. The fourth-order valence-corrected chi connectivity index (χ4v) is 11.2. The highest BCUT2D eigenvalue weighted by Gasteiger charge is 2.75. The number of Topliss-reactive ketones (excluding diaryl/α,β-unsaturated/α-hetero) is 1. The van der Waals surface area contributed by atoms with Crippen LogP contribution in [0.5, 0.6) is 0 Å². The lowest BCUT2D eigenvalue weighted by Crippen LogP contribution is -2.69. The number of benzene rings is 1. The summed E-state index contributed by atoms with van der Waals surface area (Å²) in [6.45, 7) is 10.7. The average Bonchev–Trinajstić information content (AvgIpc) is 3.61. The number of allylic oxidation sites excluding steroid dienone is 4. The number of aliphatic hydroxyl groups is 2. The van der Waals surface area contributed by atoms with E-state index in [0.29, 0.717) is 60.2 Å². The van der Waals surface area contributed by atoms with Crippen molar-refractivity contribution in [1.29, 1.82) is 0 Å². The number of alkyl halides is 1. The molecule has 0 saturated heterocycles. The Kier molecular flexibility index (Phi) is 11.2. The molecule has 318 valence electrons. The van der Waals surface area contributed by atoms with Crippen LogP contribution in [0, 0.1) is 49.4 Å². The molecule has 1 aromatic carbocycles. The van der Waals surface area contributed by atoms with Crippen LogP contribution in [0.3, 0.4) is 0 Å². The number of alkyl carbamates (subject to hydrolysis) is 2. The molecule has 14 heteroatoms. The number of nitrogens with one attached hydrogen (secondary N) is 2. The molecule has 0 spiro atoms. The van der Waals surface area contributed by atoms with Gasteiger partial charge in [-0.2, -0.15) is 0 Å². The van der Waals surface area contributed by atoms with Gasteiger partial charge in [0.15, 0.2) is 18.1 Å². The Bertz CT molecular complexity index is 2330. The van der Waals surface area contributed by atoms with E-state index in [4.69, 9.17) is 18.3 Å². The predicted molar refractivity (Wildman–Crippen MR) is 215 cm³/mol. The van der Waals surface area contributed by atoms with E-state index in [1.165, 1.54) is 18.2 Å². The molecule has 13 nitrogen and oxygen atoms in total. The van der Waals surface area contributed by atoms with Gasteiger partial charge in [-0.15, -0.1) is 0 Å². The first-order chi connectivity index (χ1) is 27.9. The summed E-state index contributed by atoms with van der Waals surface area (Å²) in [5.41, 5.74) is -2.77. The second-order valence-corrected chi connectivity index (χ2v) is 17.6. The number of fused-ring (bicyclic) bond motifs is 7. The van der Waals surface area contributed by atoms with Gasteiger partial charge in [0, 0.05) is 51.3 Å². The maximum Gasteiger partial charge on any atom is 0.407 e. The Morgan fingerprint density at radius 2 is 1.66 bits per heavy atom. The van der Waals surface area contributed by atoms with E-state index in [1.54, 1.807) is 26.8 Å². The van der Waals surface area contributed by atoms with Crippen molar-refractivity contribution in [2.45, 2.75) is 117 Å². The van der Waals surface area contributed by atoms with Crippen molar-refractivity contribution in [3.05, 3.63) is 68.8 Å². The smallest absolute Gasteiger partial charge is 0.407 e. The topological polar surface area (TPSA) is 195 Å². The van der Waals surface area contributed by atoms with Gasteiger partial charge < -0.3 is 39.2 Å². The first-order valence-corrected chi connectivity index (χ1v) is 20.7. The number of rotatable bonds is 12. The van der Waals surface area contributed by atoms with Crippen molar-refractivity contribution in [2.75, 3.05) is 19.8 Å². The van der Waals surface area contributed by atoms with Gasteiger partial charge in [0.2, 0.25) is 5.78 Å². The van der Waals surface area contributed by atoms with Crippen molar-refractivity contribution >= 4 is 45.7 Å². The molecule has 3 fully saturated rings. The standard InChI is InChI=1S/C45H55FN2O11/c1-24-17-37(52)59-38-26(3)39-31(20-30(24)38)32(27(4)58-39)22-48-41(54)56-16-10-8-7-9-15-47-40(53)57-23-36(51)45(55)25(2)18-34-33-12-11-28-19-29(49)13-14-42(28,5)44(33,46)35(50)21-43(34,45)6/h13-14,17,19-20,25,33-35,50,55H,7-12,15-16,18,21-23H2,1-6H3,(H,47,53)(H,48,54)/t25-,33?,34?,35?,42?,43?,44+,45+/m1/s1. The zero-order valence-corrected chi connectivity index (χ0v) is 34.6. The number of hydrogen-bond donors (Lipinski definition) is 4. The molecule has 0 radical (unpaired) electrons. The van der Waals surface area contributed by atoms with E-state index in [1.807, 2.05) is 26.8 Å². The number of carbonyl (C=O) groups is 4. The fourth-order valence-electron chi connectivity index (χ4n) is 11.2. The highest BCUT2D eigenvalue weighted by molar-refractivity contribution is 6.01. The lowest BCUT2D eigenvalue weighted by atomic mass is 9.44. The molecule has 0 bridgehead atoms. The third kappa shape index (κ3) is 6.89. The molecule has 4 N–H and O–H groups in total. The van der Waals surface area contributed by atoms with Gasteiger partial charge in [0.05, 0.1) is 19.3 Å². The monoisotopic (exact) mass is 818 g/mol. The summed E-state index contributed by atoms with van der Waals surface area (Å²) < 4.78 is 39.5. The average molecular weight is 819 g/mol. The minimum Gasteiger partial charge on any atom is -0.461 e. The number of hydrogen-bond acceptors (Lipinski definition) is 11. The van der Waals surface area contributed by atoms with Crippen molar-refractivity contribution < 1.29 is 52.1 Å². The first kappa shape index (κ1) is 42.3. The number of amides is 2. The predicted octanol–water partition coefficient (Wildman–Crippen LogP) is 6.89. The van der Waals surface area contributed by atoms with Crippen LogP contribution in [0.15, 0.2) is 49.6 Å². The molecular weight excluding hydrogens is 763 g/mol. The van der Waals surface area contributed by atoms with E-state index in [2.05, 4.69) is 10.6 Å². The normalized spacial score (nSPS) is 31.0. The Morgan fingerprint density at radius 1 is 0.949 bits per heavy atom. The third-order valence-corrected chi connectivity index (χ3v) is 14.4. The number of unbranched alkanes of at least 4 members (excludes halogenated alkanes) is 3. The third-order valence-electron chi connectivity index (χ3n) is 14.4. The summed E-state index contributed by atoms with van der Waals surface area (Å²) in [6, 6.07) is 3.35. The number of furan rings is 1. The molecule has 3 saturated carbocycles. The van der Waals surface area contributed by atoms with Crippen LogP contribution in [0.4, 0.5) is 14.0 Å². The molecule has 0 aliphatic heterocycles. The van der Waals surface area contributed by atoms with Crippen LogP contribution in [-0.4, -0.2) is 71.1 Å². The van der Waals surface area contributed by atoms with Crippen LogP contribution >= 0.6 is 0 Å². The summed E-state index contributed by atoms with van der Waals surface area (Å²) in [5, 5.41) is 30.7. The SMILES string of the molecule is Cc1oc2c(C)c3oc(=O)cc(C)c3cc2c1CNC(=O)OCCCCCCNC(=O)OCC(=O)[C@@]1(O)[C@H](C)CC2C3CCC4=CC(=O)C=CC4(C)[C@@]3(F)C(O)CC21C. The number of carbonyl (C=O) groups excluding carboxylic acids is 4. The minimum absolute atomic E-state index is 0.159. The van der Waals surface area contributed by atoms with Crippen LogP contribution in [0.2, 0.25) is 0 Å². The summed E-state index contributed by atoms with van der Waals surface area (Å²) in [5.74, 6) is -1.90. The molecule has 59 heavy (non-hydrogen) atoms. The van der Waals surface area contributed by atoms with Crippen LogP contribution in [0.1, 0.15) is 94.6 Å². The highest BCUT2D eigenvalue weighted by Crippen LogP contribution is 2.70. The Labute approximate surface area is 341 Å². The van der Waals surface area contributed by atoms with Crippen LogP contribution in [0.25, 0.3) is 21.9 Å². The largest absolute Gasteiger partial charge is 0.461 e. The molecule has 8 atom stereocenters. The quantitative estimate of drug-likeness (QED) is 0.110. The van der Waals surface area contributed by atoms with Crippen molar-refractivity contribution in [1.82, 2.24) is 10.6 Å². The molecule has 4 aliphatic carbocycles. The first-order valence-electron chi connectivity index (χ1n) is 20.7. The maximum absolute atomic E-state index is 17.4. The Hall–Kier alpha value is -4.82. The van der Waals surface area contributed by atoms with Gasteiger partial charge in [0.1, 0.15) is 22.5 Å². The minimum atomic E-state index is -2.08. The van der Waals surface area contributed by atoms with Crippen molar-refractivity contribution in [3.63, 3.8) is 0 Å². The number of halogens is 1. The summed E-state index contributed by atoms with van der Waals surface area (Å²) >= 11 is 0. The van der Waals surface area contributed by atoms with Gasteiger partial charge in [-0.25, -0.2) is 18.8 Å². The number of ether oxygens (including phenoxy) is 2. The van der Waals surface area contributed by atoms with Crippen LogP contribution in [-0.2, 0) is 25.6 Å². The molecule has 2 heterocycles. The lowest BCUT2D eigenvalue weighted by molar-refractivity contribution is -0.219. The van der Waals surface area contributed by atoms with E-state index >= 15 is 4.39 Å². The van der Waals surface area contributed by atoms with E-state index < -0.39 is 76.2 Å². The summed E-state index contributed by atoms with van der Waals surface area (Å²) in [7, 11) is 0. The van der Waals surface area contributed by atoms with Gasteiger partial charge >= 0.3 is 17.8 Å². The maximum atomic E-state index is 17.4. The second kappa shape index (κ2) is 15.7. The van der Waals surface area contributed by atoms with Gasteiger partial charge in [-0.3, -0.25) is 9.59 Å². The number of aryl methyl sites for hydroxylation is 3. The second-order valence-electron chi connectivity index (χ2n) is 17.6. The fraction of sp³-hybridized carbons (Fsp3) is 0.578. The van der Waals surface area contributed by atoms with E-state index in [0.717, 1.165) is 34.7 Å².